The molecule has 0 bridgehead atoms. The van der Waals surface area contributed by atoms with Gasteiger partial charge in [0.25, 0.3) is 5.92 Å². The number of nitrogens with zero attached hydrogens (tertiary/aromatic N) is 4. The van der Waals surface area contributed by atoms with Crippen molar-refractivity contribution in [2.75, 3.05) is 30.0 Å². The lowest BCUT2D eigenvalue weighted by molar-refractivity contribution is -0.121. The predicted octanol–water partition coefficient (Wildman–Crippen LogP) is 2.29. The molecule has 1 unspecified atom stereocenters. The lowest BCUT2D eigenvalue weighted by Crippen LogP contribution is -2.44. The molecule has 12 heteroatoms. The van der Waals surface area contributed by atoms with Gasteiger partial charge in [-0.2, -0.15) is 10.1 Å². The average Bonchev–Trinajstić information content (AvgIpc) is 3.29. The second kappa shape index (κ2) is 7.84. The molecule has 4 aliphatic rings. The van der Waals surface area contributed by atoms with Gasteiger partial charge in [-0.25, -0.2) is 18.9 Å². The van der Waals surface area contributed by atoms with Gasteiger partial charge in [0.15, 0.2) is 0 Å². The van der Waals surface area contributed by atoms with Gasteiger partial charge in [0.1, 0.15) is 24.7 Å². The minimum absolute atomic E-state index is 0.0418. The monoisotopic (exact) mass is 476 g/mol. The van der Waals surface area contributed by atoms with Crippen molar-refractivity contribution in [2.24, 2.45) is 5.92 Å². The number of H-pyrrole nitrogens is 1. The van der Waals surface area contributed by atoms with Crippen LogP contribution in [-0.4, -0.2) is 69.1 Å². The van der Waals surface area contributed by atoms with Crippen LogP contribution in [0, 0.1) is 5.92 Å². The third kappa shape index (κ3) is 3.50. The second-order valence-corrected chi connectivity index (χ2v) is 9.68. The minimum Gasteiger partial charge on any atom is -0.476 e. The zero-order chi connectivity index (χ0) is 23.5. The molecule has 3 fully saturated rings. The Morgan fingerprint density at radius 2 is 2.18 bits per heavy atom. The van der Waals surface area contributed by atoms with Gasteiger partial charge in [-0.05, 0) is 38.5 Å². The summed E-state index contributed by atoms with van der Waals surface area (Å²) in [7, 11) is 0. The van der Waals surface area contributed by atoms with E-state index in [0.29, 0.717) is 17.9 Å². The Balaban J connectivity index is 1.23. The molecule has 10 nitrogen and oxygen atoms in total. The van der Waals surface area contributed by atoms with Crippen LogP contribution in [0.2, 0.25) is 0 Å². The summed E-state index contributed by atoms with van der Waals surface area (Å²) in [6.45, 7) is -0.907. The molecule has 2 aliphatic heterocycles. The Bertz CT molecular complexity index is 1110. The molecule has 3 atom stereocenters. The Morgan fingerprint density at radius 3 is 2.91 bits per heavy atom. The van der Waals surface area contributed by atoms with E-state index < -0.39 is 30.0 Å². The molecule has 6 rings (SSSR count). The Labute approximate surface area is 194 Å². The maximum absolute atomic E-state index is 13.8. The fraction of sp³-hybridized carbons (Fsp3) is 0.636. The van der Waals surface area contributed by atoms with Crippen LogP contribution in [0.1, 0.15) is 44.1 Å². The number of aromatic nitrogens is 4. The van der Waals surface area contributed by atoms with E-state index in [2.05, 4.69) is 25.5 Å². The Kier molecular flexibility index (Phi) is 4.99. The fourth-order valence-corrected chi connectivity index (χ4v) is 5.24. The highest BCUT2D eigenvalue weighted by Gasteiger charge is 2.61. The van der Waals surface area contributed by atoms with Gasteiger partial charge in [0.2, 0.25) is 17.7 Å². The third-order valence-electron chi connectivity index (χ3n) is 7.37. The molecular formula is C22H26F2N6O4. The minimum atomic E-state index is -2.93. The molecule has 182 valence electrons. The molecule has 1 spiro atoms. The standard InChI is InChI=1S/C22H26F2N6O4/c23-22(24)11-33-9-12(22)10-34-18-16(8-26-29-18)27-20-25-7-15-17(28-20)30(19(32)21(15)4-5-21)13-2-1-3-14(31)6-13/h7-8,12-14,31H,1-6,9-11H2,(H,26,29)(H,25,27,28)/t12?,13-,14-/m1/s1. The van der Waals surface area contributed by atoms with Crippen LogP contribution in [0.4, 0.5) is 26.2 Å². The molecule has 1 saturated heterocycles. The summed E-state index contributed by atoms with van der Waals surface area (Å²) in [6, 6.07) is -0.0964. The number of halogens is 2. The average molecular weight is 476 g/mol. The SMILES string of the molecule is O=C1N([C@@H]2CCC[C@@H](O)C2)c2nc(Nc3cn[nH]c3OCC3COCC3(F)F)ncc2C12CC2. The Morgan fingerprint density at radius 1 is 1.32 bits per heavy atom. The number of anilines is 3. The first kappa shape index (κ1) is 21.7. The van der Waals surface area contributed by atoms with E-state index >= 15 is 0 Å². The molecule has 2 aromatic heterocycles. The van der Waals surface area contributed by atoms with Gasteiger partial charge in [0, 0.05) is 17.8 Å². The number of nitrogens with one attached hydrogen (secondary N) is 2. The second-order valence-electron chi connectivity index (χ2n) is 9.68. The van der Waals surface area contributed by atoms with Crippen LogP contribution < -0.4 is 15.0 Å². The zero-order valence-corrected chi connectivity index (χ0v) is 18.5. The summed E-state index contributed by atoms with van der Waals surface area (Å²) < 4.78 is 38.1. The maximum Gasteiger partial charge on any atom is 0.279 e. The molecule has 2 aromatic rings. The largest absolute Gasteiger partial charge is 0.476 e. The number of aliphatic hydroxyl groups excluding tert-OH is 1. The summed E-state index contributed by atoms with van der Waals surface area (Å²) in [4.78, 5) is 24.2. The van der Waals surface area contributed by atoms with Crippen molar-refractivity contribution in [3.63, 3.8) is 0 Å². The number of amides is 1. The van der Waals surface area contributed by atoms with E-state index in [1.54, 1.807) is 11.1 Å². The molecule has 4 heterocycles. The molecule has 0 radical (unpaired) electrons. The summed E-state index contributed by atoms with van der Waals surface area (Å²) in [5, 5.41) is 19.8. The summed E-state index contributed by atoms with van der Waals surface area (Å²) >= 11 is 0. The fourth-order valence-electron chi connectivity index (χ4n) is 5.24. The van der Waals surface area contributed by atoms with Crippen LogP contribution in [0.25, 0.3) is 0 Å². The van der Waals surface area contributed by atoms with E-state index in [1.807, 2.05) is 0 Å². The van der Waals surface area contributed by atoms with Crippen molar-refractivity contribution >= 4 is 23.4 Å². The molecule has 3 N–H and O–H groups in total. The number of alkyl halides is 2. The van der Waals surface area contributed by atoms with Gasteiger partial charge >= 0.3 is 0 Å². The van der Waals surface area contributed by atoms with Gasteiger partial charge in [-0.15, -0.1) is 0 Å². The van der Waals surface area contributed by atoms with Crippen LogP contribution in [-0.2, 0) is 14.9 Å². The van der Waals surface area contributed by atoms with Crippen molar-refractivity contribution in [1.82, 2.24) is 20.2 Å². The molecule has 2 saturated carbocycles. The first-order valence-corrected chi connectivity index (χ1v) is 11.7. The van der Waals surface area contributed by atoms with Gasteiger partial charge < -0.3 is 19.9 Å². The number of hydrogen-bond donors (Lipinski definition) is 3. The highest BCUT2D eigenvalue weighted by atomic mass is 19.3. The van der Waals surface area contributed by atoms with Crippen molar-refractivity contribution in [3.8, 4) is 5.88 Å². The molecule has 1 amide bonds. The molecule has 34 heavy (non-hydrogen) atoms. The number of fused-ring (bicyclic) bond motifs is 2. The number of carbonyl (C=O) groups excluding carboxylic acids is 1. The smallest absolute Gasteiger partial charge is 0.279 e. The normalized spacial score (nSPS) is 28.9. The van der Waals surface area contributed by atoms with Crippen molar-refractivity contribution in [1.29, 1.82) is 0 Å². The van der Waals surface area contributed by atoms with Gasteiger partial charge in [-0.1, -0.05) is 0 Å². The number of aliphatic hydroxyl groups is 1. The van der Waals surface area contributed by atoms with Crippen LogP contribution in [0.5, 0.6) is 5.88 Å². The van der Waals surface area contributed by atoms with Crippen molar-refractivity contribution < 1.29 is 28.2 Å². The maximum atomic E-state index is 13.8. The summed E-state index contributed by atoms with van der Waals surface area (Å²) in [5.41, 5.74) is 0.692. The topological polar surface area (TPSA) is 125 Å². The number of ether oxygens (including phenoxy) is 2. The zero-order valence-electron chi connectivity index (χ0n) is 18.5. The van der Waals surface area contributed by atoms with Crippen molar-refractivity contribution in [2.45, 2.75) is 62.0 Å². The summed E-state index contributed by atoms with van der Waals surface area (Å²) in [6.07, 6.45) is 7.22. The highest BCUT2D eigenvalue weighted by molar-refractivity contribution is 6.09. The van der Waals surface area contributed by atoms with Crippen LogP contribution in [0.3, 0.4) is 0 Å². The van der Waals surface area contributed by atoms with Gasteiger partial charge in [0.05, 0.1) is 30.2 Å². The van der Waals surface area contributed by atoms with E-state index in [-0.39, 0.29) is 37.0 Å². The molecule has 0 aromatic carbocycles. The van der Waals surface area contributed by atoms with E-state index in [0.717, 1.165) is 37.7 Å². The predicted molar refractivity (Wildman–Crippen MR) is 115 cm³/mol. The third-order valence-corrected chi connectivity index (χ3v) is 7.37. The Hall–Kier alpha value is -2.86. The van der Waals surface area contributed by atoms with E-state index in [4.69, 9.17) is 9.47 Å². The van der Waals surface area contributed by atoms with Gasteiger partial charge in [-0.3, -0.25) is 9.69 Å². The lowest BCUT2D eigenvalue weighted by Gasteiger charge is -2.33. The highest BCUT2D eigenvalue weighted by Crippen LogP contribution is 2.57. The number of hydrogen-bond acceptors (Lipinski definition) is 8. The number of carbonyl (C=O) groups is 1. The van der Waals surface area contributed by atoms with Crippen LogP contribution >= 0.6 is 0 Å². The lowest BCUT2D eigenvalue weighted by atomic mass is 9.92. The first-order chi connectivity index (χ1) is 16.4. The number of rotatable bonds is 6. The quantitative estimate of drug-likeness (QED) is 0.580. The molecular weight excluding hydrogens is 450 g/mol. The van der Waals surface area contributed by atoms with E-state index in [9.17, 15) is 18.7 Å². The number of aromatic amines is 1. The summed E-state index contributed by atoms with van der Waals surface area (Å²) in [5.74, 6) is -2.92. The van der Waals surface area contributed by atoms with Crippen LogP contribution in [0.15, 0.2) is 12.4 Å². The van der Waals surface area contributed by atoms with Crippen molar-refractivity contribution in [3.05, 3.63) is 18.0 Å². The first-order valence-electron chi connectivity index (χ1n) is 11.7. The van der Waals surface area contributed by atoms with E-state index in [1.165, 1.54) is 6.20 Å². The molecule has 2 aliphatic carbocycles.